The van der Waals surface area contributed by atoms with E-state index >= 15 is 0 Å². The van der Waals surface area contributed by atoms with Crippen molar-refractivity contribution in [3.05, 3.63) is 65.9 Å². The van der Waals surface area contributed by atoms with Crippen molar-refractivity contribution in [2.75, 3.05) is 5.32 Å². The third-order valence-electron chi connectivity index (χ3n) is 4.72. The molecular weight excluding hydrogens is 432 g/mol. The quantitative estimate of drug-likeness (QED) is 0.395. The van der Waals surface area contributed by atoms with Crippen LogP contribution in [-0.2, 0) is 0 Å². The Morgan fingerprint density at radius 3 is 2.84 bits per heavy atom. The van der Waals surface area contributed by atoms with Crippen molar-refractivity contribution in [2.24, 2.45) is 0 Å². The van der Waals surface area contributed by atoms with E-state index in [9.17, 15) is 4.79 Å². The summed E-state index contributed by atoms with van der Waals surface area (Å²) in [5.74, 6) is 0.140. The van der Waals surface area contributed by atoms with Gasteiger partial charge in [0.25, 0.3) is 5.91 Å². The minimum Gasteiger partial charge on any atom is -0.434 e. The van der Waals surface area contributed by atoms with Gasteiger partial charge in [0.1, 0.15) is 11.0 Å². The van der Waals surface area contributed by atoms with E-state index in [4.69, 9.17) is 16.6 Å². The molecule has 0 aliphatic carbocycles. The normalized spacial score (nSPS) is 11.0. The highest BCUT2D eigenvalue weighted by atomic mass is 32.1. The Labute approximate surface area is 185 Å². The number of aromatic nitrogens is 4. The van der Waals surface area contributed by atoms with Gasteiger partial charge in [0.15, 0.2) is 16.3 Å². The lowest BCUT2D eigenvalue weighted by Gasteiger charge is -2.13. The molecule has 0 radical (unpaired) electrons. The molecule has 2 N–H and O–H groups in total. The molecule has 5 aromatic rings. The zero-order chi connectivity index (χ0) is 21.4. The van der Waals surface area contributed by atoms with E-state index in [1.54, 1.807) is 30.5 Å². The molecule has 3 heterocycles. The number of nitrogens with one attached hydrogen (secondary N) is 2. The van der Waals surface area contributed by atoms with Crippen molar-refractivity contribution >= 4 is 62.9 Å². The number of thiocarbonyl (C=S) groups is 1. The van der Waals surface area contributed by atoms with Gasteiger partial charge in [0, 0.05) is 23.0 Å². The Bertz CT molecular complexity index is 1430. The highest BCUT2D eigenvalue weighted by molar-refractivity contribution is 7.80. The minimum atomic E-state index is -0.328. The molecule has 0 unspecified atom stereocenters. The molecule has 2 aromatic carbocycles. The van der Waals surface area contributed by atoms with Crippen LogP contribution in [0.4, 0.5) is 5.69 Å². The predicted octanol–water partition coefficient (Wildman–Crippen LogP) is 4.33. The highest BCUT2D eigenvalue weighted by Crippen LogP contribution is 2.30. The number of pyridine rings is 1. The summed E-state index contributed by atoms with van der Waals surface area (Å²) in [5.41, 5.74) is 5.46. The summed E-state index contributed by atoms with van der Waals surface area (Å²) in [6.07, 6.45) is 1.67. The zero-order valence-corrected chi connectivity index (χ0v) is 17.8. The van der Waals surface area contributed by atoms with E-state index in [0.717, 1.165) is 34.1 Å². The van der Waals surface area contributed by atoms with Gasteiger partial charge in [0.05, 0.1) is 11.7 Å². The molecule has 0 bridgehead atoms. The second-order valence-electron chi connectivity index (χ2n) is 6.70. The molecule has 3 aromatic heterocycles. The Kier molecular flexibility index (Phi) is 4.85. The first kappa shape index (κ1) is 19.2. The van der Waals surface area contributed by atoms with Gasteiger partial charge in [-0.15, -0.1) is 0 Å². The largest absolute Gasteiger partial charge is 0.434 e. The van der Waals surface area contributed by atoms with Crippen molar-refractivity contribution in [2.45, 2.75) is 6.92 Å². The molecule has 31 heavy (non-hydrogen) atoms. The van der Waals surface area contributed by atoms with Crippen LogP contribution in [0.3, 0.4) is 0 Å². The first-order valence-corrected chi connectivity index (χ1v) is 10.4. The summed E-state index contributed by atoms with van der Waals surface area (Å²) < 4.78 is 14.1. The number of benzene rings is 2. The number of oxazole rings is 1. The number of rotatable bonds is 3. The number of carbonyl (C=O) groups is 1. The summed E-state index contributed by atoms with van der Waals surface area (Å²) in [5, 5.41) is 5.95. The van der Waals surface area contributed by atoms with E-state index < -0.39 is 0 Å². The van der Waals surface area contributed by atoms with Crippen LogP contribution < -0.4 is 10.6 Å². The molecule has 0 fully saturated rings. The molecule has 10 heteroatoms. The molecule has 0 aliphatic rings. The van der Waals surface area contributed by atoms with Crippen LogP contribution in [0.15, 0.2) is 59.1 Å². The topological polar surface area (TPSA) is 106 Å². The number of carbonyl (C=O) groups excluding carboxylic acids is 1. The highest BCUT2D eigenvalue weighted by Gasteiger charge is 2.15. The number of fused-ring (bicyclic) bond motifs is 2. The van der Waals surface area contributed by atoms with E-state index in [1.807, 2.05) is 31.2 Å². The number of amides is 1. The van der Waals surface area contributed by atoms with Gasteiger partial charge in [-0.2, -0.15) is 13.7 Å². The number of nitrogens with zero attached hydrogens (tertiary/aromatic N) is 4. The molecule has 0 aliphatic heterocycles. The van der Waals surface area contributed by atoms with Crippen LogP contribution in [0.2, 0.25) is 0 Å². The Balaban J connectivity index is 1.35. The van der Waals surface area contributed by atoms with Crippen LogP contribution >= 0.6 is 23.9 Å². The van der Waals surface area contributed by atoms with Crippen LogP contribution in [0, 0.1) is 6.92 Å². The van der Waals surface area contributed by atoms with Gasteiger partial charge in [-0.25, -0.2) is 4.98 Å². The Morgan fingerprint density at radius 1 is 1.10 bits per heavy atom. The summed E-state index contributed by atoms with van der Waals surface area (Å²) in [6.45, 7) is 1.92. The Morgan fingerprint density at radius 2 is 1.97 bits per heavy atom. The minimum absolute atomic E-state index is 0.181. The predicted molar refractivity (Wildman–Crippen MR) is 123 cm³/mol. The second-order valence-corrected chi connectivity index (χ2v) is 7.63. The fourth-order valence-corrected chi connectivity index (χ4v) is 3.86. The molecule has 1 amide bonds. The van der Waals surface area contributed by atoms with Crippen LogP contribution in [0.5, 0.6) is 0 Å². The van der Waals surface area contributed by atoms with Crippen LogP contribution in [-0.4, -0.2) is 29.7 Å². The molecule has 152 valence electrons. The van der Waals surface area contributed by atoms with Gasteiger partial charge in [-0.05, 0) is 67.2 Å². The van der Waals surface area contributed by atoms with Crippen LogP contribution in [0.1, 0.15) is 15.9 Å². The van der Waals surface area contributed by atoms with Gasteiger partial charge < -0.3 is 9.73 Å². The maximum absolute atomic E-state index is 12.6. The number of hydrogen-bond acceptors (Lipinski definition) is 8. The third-order valence-corrected chi connectivity index (χ3v) is 5.48. The fourth-order valence-electron chi connectivity index (χ4n) is 3.14. The smallest absolute Gasteiger partial charge is 0.257 e. The zero-order valence-electron chi connectivity index (χ0n) is 16.1. The number of hydrogen-bond donors (Lipinski definition) is 2. The lowest BCUT2D eigenvalue weighted by atomic mass is 10.1. The molecule has 8 nitrogen and oxygen atoms in total. The summed E-state index contributed by atoms with van der Waals surface area (Å²) in [6, 6.07) is 14.4. The van der Waals surface area contributed by atoms with Gasteiger partial charge in [-0.1, -0.05) is 6.07 Å². The molecule has 5 rings (SSSR count). The fraction of sp³-hybridized carbons (Fsp3) is 0.0476. The molecular formula is C21H14N6O2S2. The van der Waals surface area contributed by atoms with E-state index in [2.05, 4.69) is 29.3 Å². The SMILES string of the molecule is Cc1c(NC(=S)NC(=O)c2ccc3nsnc3c2)cccc1-c1nc2ncccc2o1. The maximum atomic E-state index is 12.6. The first-order chi connectivity index (χ1) is 15.1. The lowest BCUT2D eigenvalue weighted by molar-refractivity contribution is 0.0978. The summed E-state index contributed by atoms with van der Waals surface area (Å²) in [7, 11) is 0. The molecule has 0 spiro atoms. The van der Waals surface area contributed by atoms with Crippen molar-refractivity contribution < 1.29 is 9.21 Å². The van der Waals surface area contributed by atoms with Gasteiger partial charge in [-0.3, -0.25) is 10.1 Å². The van der Waals surface area contributed by atoms with E-state index in [0.29, 0.717) is 28.2 Å². The summed E-state index contributed by atoms with van der Waals surface area (Å²) >= 11 is 6.45. The summed E-state index contributed by atoms with van der Waals surface area (Å²) in [4.78, 5) is 21.2. The molecule has 0 saturated heterocycles. The lowest BCUT2D eigenvalue weighted by Crippen LogP contribution is -2.34. The average Bonchev–Trinajstić information content (AvgIpc) is 3.41. The van der Waals surface area contributed by atoms with Crippen molar-refractivity contribution in [1.29, 1.82) is 0 Å². The number of anilines is 1. The van der Waals surface area contributed by atoms with E-state index in [1.165, 1.54) is 0 Å². The van der Waals surface area contributed by atoms with Crippen LogP contribution in [0.25, 0.3) is 33.7 Å². The monoisotopic (exact) mass is 446 g/mol. The van der Waals surface area contributed by atoms with Crippen molar-refractivity contribution in [3.8, 4) is 11.5 Å². The third kappa shape index (κ3) is 3.74. The standard InChI is InChI=1S/C21H14N6O2S2/c1-11-13(20-24-18-17(29-20)6-3-9-22-18)4-2-5-14(11)23-21(30)25-19(28)12-7-8-15-16(10-12)27-31-26-15/h2-10H,1H3,(H2,23,25,28,30). The van der Waals surface area contributed by atoms with Crippen molar-refractivity contribution in [3.63, 3.8) is 0 Å². The van der Waals surface area contributed by atoms with E-state index in [-0.39, 0.29) is 11.0 Å². The van der Waals surface area contributed by atoms with Crippen molar-refractivity contribution in [1.82, 2.24) is 24.0 Å². The molecule has 0 saturated carbocycles. The van der Waals surface area contributed by atoms with Gasteiger partial charge in [0.2, 0.25) is 5.89 Å². The second kappa shape index (κ2) is 7.82. The maximum Gasteiger partial charge on any atom is 0.257 e. The first-order valence-electron chi connectivity index (χ1n) is 9.25. The molecule has 0 atom stereocenters. The average molecular weight is 447 g/mol. The van der Waals surface area contributed by atoms with Gasteiger partial charge >= 0.3 is 0 Å². The Hall–Kier alpha value is -3.76.